The second-order valence-corrected chi connectivity index (χ2v) is 9.84. The highest BCUT2D eigenvalue weighted by atomic mass is 19.4. The smallest absolute Gasteiger partial charge is 0.435 e. The minimum atomic E-state index is -4.67. The summed E-state index contributed by atoms with van der Waals surface area (Å²) in [4.78, 5) is 24.2. The first-order valence-corrected chi connectivity index (χ1v) is 12.8. The number of aromatic nitrogens is 5. The van der Waals surface area contributed by atoms with E-state index >= 15 is 0 Å². The molecule has 12 heteroatoms. The fourth-order valence-corrected chi connectivity index (χ4v) is 5.47. The zero-order valence-corrected chi connectivity index (χ0v) is 22.2. The molecule has 1 aliphatic rings. The Hall–Kier alpha value is -4.71. The minimum absolute atomic E-state index is 0.0725. The van der Waals surface area contributed by atoms with Crippen molar-refractivity contribution in [1.82, 2.24) is 24.3 Å². The Kier molecular flexibility index (Phi) is 6.49. The normalized spacial score (nSPS) is 13.6. The van der Waals surface area contributed by atoms with Crippen LogP contribution in [0.15, 0.2) is 61.4 Å². The number of carbonyl (C=O) groups is 1. The van der Waals surface area contributed by atoms with Crippen LogP contribution in [-0.2, 0) is 32.8 Å². The summed E-state index contributed by atoms with van der Waals surface area (Å²) in [6, 6.07) is 8.60. The first-order valence-electron chi connectivity index (χ1n) is 12.8. The Bertz CT molecular complexity index is 1780. The van der Waals surface area contributed by atoms with Crippen LogP contribution in [0.1, 0.15) is 32.7 Å². The minimum Gasteiger partial charge on any atom is -0.497 e. The number of aliphatic hydroxyl groups is 1. The van der Waals surface area contributed by atoms with Crippen LogP contribution in [0, 0.1) is 0 Å². The summed E-state index contributed by atoms with van der Waals surface area (Å²) >= 11 is 0. The molecule has 6 rings (SSSR count). The maximum atomic E-state index is 14.2. The maximum absolute atomic E-state index is 14.2. The first-order chi connectivity index (χ1) is 19.7. The molecule has 4 heterocycles. The predicted molar refractivity (Wildman–Crippen MR) is 145 cm³/mol. The number of rotatable bonds is 6. The number of carbonyl (C=O) groups excluding carboxylic acids is 1. The number of amides is 1. The summed E-state index contributed by atoms with van der Waals surface area (Å²) in [6.45, 7) is 0.269. The zero-order valence-electron chi connectivity index (χ0n) is 22.2. The molecule has 1 N–H and O–H groups in total. The molecule has 0 spiro atoms. The molecule has 0 bridgehead atoms. The van der Waals surface area contributed by atoms with Crippen molar-refractivity contribution < 1.29 is 27.8 Å². The molecule has 0 atom stereocenters. The largest absolute Gasteiger partial charge is 0.497 e. The first kappa shape index (κ1) is 26.5. The Labute approximate surface area is 232 Å². The highest BCUT2D eigenvalue weighted by molar-refractivity contribution is 6.13. The van der Waals surface area contributed by atoms with Gasteiger partial charge in [-0.05, 0) is 53.4 Å². The molecule has 2 aromatic carbocycles. The van der Waals surface area contributed by atoms with E-state index < -0.39 is 11.9 Å². The van der Waals surface area contributed by atoms with Crippen molar-refractivity contribution in [3.63, 3.8) is 0 Å². The SMILES string of the molecule is COc1cc(CO)c2nccc(N3CCc4c(cc(Cn5ccnc5)cc4-c4cn(C)nc4C(F)(F)F)C3=O)c2c1. The van der Waals surface area contributed by atoms with Crippen LogP contribution in [-0.4, -0.2) is 49.0 Å². The van der Waals surface area contributed by atoms with Gasteiger partial charge in [-0.2, -0.15) is 18.3 Å². The standard InChI is InChI=1S/C29H25F3N6O3/c1-36-14-24(27(35-36)29(30,31)32)21-9-17(13-37-8-6-33-16-37)10-22-20(21)4-7-38(28(22)40)25-3-5-34-26-18(15-39)11-19(41-2)12-23(25)26/h3,5-6,8-12,14,16,39H,4,7,13,15H2,1-2H3. The molecule has 0 unspecified atom stereocenters. The number of alkyl halides is 3. The van der Waals surface area contributed by atoms with Crippen LogP contribution in [0.2, 0.25) is 0 Å². The molecule has 0 fully saturated rings. The van der Waals surface area contributed by atoms with Crippen molar-refractivity contribution in [3.8, 4) is 16.9 Å². The van der Waals surface area contributed by atoms with Crippen LogP contribution in [0.25, 0.3) is 22.0 Å². The van der Waals surface area contributed by atoms with Crippen molar-refractivity contribution in [3.05, 3.63) is 89.4 Å². The number of pyridine rings is 1. The second-order valence-electron chi connectivity index (χ2n) is 9.84. The van der Waals surface area contributed by atoms with E-state index in [2.05, 4.69) is 15.1 Å². The number of fused-ring (bicyclic) bond motifs is 2. The number of methoxy groups -OCH3 is 1. The number of hydrogen-bond donors (Lipinski definition) is 1. The topological polar surface area (TPSA) is 98.3 Å². The zero-order chi connectivity index (χ0) is 28.9. The van der Waals surface area contributed by atoms with Crippen molar-refractivity contribution in [2.24, 2.45) is 7.05 Å². The van der Waals surface area contributed by atoms with Gasteiger partial charge in [0.25, 0.3) is 5.91 Å². The molecule has 210 valence electrons. The Morgan fingerprint density at radius 3 is 2.61 bits per heavy atom. The number of aryl methyl sites for hydroxylation is 1. The third kappa shape index (κ3) is 4.69. The molecule has 1 amide bonds. The average Bonchev–Trinajstić information content (AvgIpc) is 3.62. The number of ether oxygens (including phenoxy) is 1. The molecule has 0 saturated carbocycles. The Morgan fingerprint density at radius 1 is 1.10 bits per heavy atom. The maximum Gasteiger partial charge on any atom is 0.435 e. The molecular weight excluding hydrogens is 537 g/mol. The van der Waals surface area contributed by atoms with Crippen molar-refractivity contribution >= 4 is 22.5 Å². The second kappa shape index (κ2) is 10.0. The highest BCUT2D eigenvalue weighted by Crippen LogP contribution is 2.41. The molecule has 9 nitrogen and oxygen atoms in total. The van der Waals surface area contributed by atoms with Gasteiger partial charge < -0.3 is 19.3 Å². The number of halogens is 3. The van der Waals surface area contributed by atoms with Gasteiger partial charge in [0.1, 0.15) is 5.75 Å². The quantitative estimate of drug-likeness (QED) is 0.325. The van der Waals surface area contributed by atoms with E-state index in [1.807, 2.05) is 0 Å². The van der Waals surface area contributed by atoms with Gasteiger partial charge in [-0.25, -0.2) is 4.98 Å². The van der Waals surface area contributed by atoms with Gasteiger partial charge in [0.2, 0.25) is 0 Å². The number of benzene rings is 2. The highest BCUT2D eigenvalue weighted by Gasteiger charge is 2.39. The predicted octanol–water partition coefficient (Wildman–Crippen LogP) is 4.60. The number of imidazole rings is 1. The van der Waals surface area contributed by atoms with Gasteiger partial charge in [-0.3, -0.25) is 14.5 Å². The lowest BCUT2D eigenvalue weighted by Crippen LogP contribution is -2.38. The van der Waals surface area contributed by atoms with E-state index in [0.29, 0.717) is 63.1 Å². The summed E-state index contributed by atoms with van der Waals surface area (Å²) < 4.78 is 50.4. The lowest BCUT2D eigenvalue weighted by molar-refractivity contribution is -0.140. The van der Waals surface area contributed by atoms with Gasteiger partial charge in [0.05, 0.1) is 31.2 Å². The van der Waals surface area contributed by atoms with Gasteiger partial charge in [0, 0.05) is 67.0 Å². The Balaban J connectivity index is 1.52. The van der Waals surface area contributed by atoms with Gasteiger partial charge in [-0.15, -0.1) is 0 Å². The summed E-state index contributed by atoms with van der Waals surface area (Å²) in [6.07, 6.45) is 3.51. The summed E-state index contributed by atoms with van der Waals surface area (Å²) in [7, 11) is 2.95. The van der Waals surface area contributed by atoms with Crippen LogP contribution < -0.4 is 9.64 Å². The van der Waals surface area contributed by atoms with Crippen molar-refractivity contribution in [2.45, 2.75) is 25.7 Å². The van der Waals surface area contributed by atoms with Gasteiger partial charge in [-0.1, -0.05) is 0 Å². The third-order valence-electron chi connectivity index (χ3n) is 7.25. The molecule has 0 saturated heterocycles. The molecule has 1 aliphatic heterocycles. The average molecular weight is 563 g/mol. The number of nitrogens with zero attached hydrogens (tertiary/aromatic N) is 6. The van der Waals surface area contributed by atoms with Crippen LogP contribution in [0.4, 0.5) is 18.9 Å². The summed E-state index contributed by atoms with van der Waals surface area (Å²) in [5, 5.41) is 14.2. The molecular formula is C29H25F3N6O3. The molecule has 0 radical (unpaired) electrons. The van der Waals surface area contributed by atoms with Crippen LogP contribution in [0.3, 0.4) is 0 Å². The fraction of sp³-hybridized carbons (Fsp3) is 0.241. The Morgan fingerprint density at radius 2 is 1.90 bits per heavy atom. The summed E-state index contributed by atoms with van der Waals surface area (Å²) in [5.74, 6) is 0.153. The van der Waals surface area contributed by atoms with E-state index in [0.717, 1.165) is 4.68 Å². The molecule has 41 heavy (non-hydrogen) atoms. The fourth-order valence-electron chi connectivity index (χ4n) is 5.47. The number of hydrogen-bond acceptors (Lipinski definition) is 6. The monoisotopic (exact) mass is 562 g/mol. The van der Waals surface area contributed by atoms with Gasteiger partial charge in [0.15, 0.2) is 5.69 Å². The molecule has 5 aromatic rings. The molecule has 3 aromatic heterocycles. The van der Waals surface area contributed by atoms with Gasteiger partial charge >= 0.3 is 6.18 Å². The van der Waals surface area contributed by atoms with E-state index in [1.165, 1.54) is 20.4 Å². The van der Waals surface area contributed by atoms with Crippen molar-refractivity contribution in [1.29, 1.82) is 0 Å². The lowest BCUT2D eigenvalue weighted by atomic mass is 9.87. The van der Waals surface area contributed by atoms with Crippen molar-refractivity contribution in [2.75, 3.05) is 18.6 Å². The lowest BCUT2D eigenvalue weighted by Gasteiger charge is -2.31. The summed E-state index contributed by atoms with van der Waals surface area (Å²) in [5.41, 5.74) is 2.40. The number of aliphatic hydroxyl groups excluding tert-OH is 1. The van der Waals surface area contributed by atoms with Crippen LogP contribution >= 0.6 is 0 Å². The van der Waals surface area contributed by atoms with E-state index in [4.69, 9.17) is 4.74 Å². The molecule has 0 aliphatic carbocycles. The van der Waals surface area contributed by atoms with E-state index in [-0.39, 0.29) is 24.6 Å². The van der Waals surface area contributed by atoms with Crippen LogP contribution in [0.5, 0.6) is 5.75 Å². The van der Waals surface area contributed by atoms with E-state index in [9.17, 15) is 23.1 Å². The number of anilines is 1. The van der Waals surface area contributed by atoms with E-state index in [1.54, 1.807) is 64.7 Å². The third-order valence-corrected chi connectivity index (χ3v) is 7.25.